The lowest BCUT2D eigenvalue weighted by Crippen LogP contribution is -2.09. The van der Waals surface area contributed by atoms with Crippen molar-refractivity contribution in [1.29, 1.82) is 0 Å². The summed E-state index contributed by atoms with van der Waals surface area (Å²) in [7, 11) is 3.57. The van der Waals surface area contributed by atoms with Gasteiger partial charge in [0.15, 0.2) is 0 Å². The van der Waals surface area contributed by atoms with E-state index in [4.69, 9.17) is 4.74 Å². The van der Waals surface area contributed by atoms with Crippen LogP contribution in [0.2, 0.25) is 0 Å². The third-order valence-corrected chi connectivity index (χ3v) is 3.13. The van der Waals surface area contributed by atoms with E-state index in [9.17, 15) is 0 Å². The molecule has 0 saturated carbocycles. The number of hydrogen-bond acceptors (Lipinski definition) is 4. The molecule has 0 atom stereocenters. The Bertz CT molecular complexity index is 582. The fourth-order valence-corrected chi connectivity index (χ4v) is 1.95. The maximum atomic E-state index is 5.46. The first kappa shape index (κ1) is 13.5. The third-order valence-electron chi connectivity index (χ3n) is 3.13. The molecule has 0 bridgehead atoms. The maximum absolute atomic E-state index is 5.46. The SMILES string of the molecule is CNCc1nccc(-c2cc(C)c(C)cc2OC)n1. The summed E-state index contributed by atoms with van der Waals surface area (Å²) in [5, 5.41) is 3.06. The van der Waals surface area contributed by atoms with Gasteiger partial charge in [0, 0.05) is 11.8 Å². The molecule has 0 aliphatic heterocycles. The molecule has 19 heavy (non-hydrogen) atoms. The zero-order valence-electron chi connectivity index (χ0n) is 11.8. The molecular weight excluding hydrogens is 238 g/mol. The number of nitrogens with zero attached hydrogens (tertiary/aromatic N) is 2. The van der Waals surface area contributed by atoms with Gasteiger partial charge in [0.25, 0.3) is 0 Å². The lowest BCUT2D eigenvalue weighted by Gasteiger charge is -2.12. The maximum Gasteiger partial charge on any atom is 0.142 e. The number of benzene rings is 1. The van der Waals surface area contributed by atoms with E-state index in [2.05, 4.69) is 35.2 Å². The normalized spacial score (nSPS) is 10.5. The van der Waals surface area contributed by atoms with Crippen LogP contribution in [0.25, 0.3) is 11.3 Å². The smallest absolute Gasteiger partial charge is 0.142 e. The van der Waals surface area contributed by atoms with Crippen molar-refractivity contribution in [1.82, 2.24) is 15.3 Å². The Kier molecular flexibility index (Phi) is 4.12. The molecule has 4 nitrogen and oxygen atoms in total. The molecule has 100 valence electrons. The van der Waals surface area contributed by atoms with Gasteiger partial charge in [-0.1, -0.05) is 0 Å². The summed E-state index contributed by atoms with van der Waals surface area (Å²) in [6, 6.07) is 6.07. The second-order valence-corrected chi connectivity index (χ2v) is 4.53. The average Bonchev–Trinajstić information content (AvgIpc) is 2.42. The van der Waals surface area contributed by atoms with Crippen molar-refractivity contribution < 1.29 is 4.74 Å². The van der Waals surface area contributed by atoms with Crippen LogP contribution >= 0.6 is 0 Å². The first-order chi connectivity index (χ1) is 9.15. The van der Waals surface area contributed by atoms with Gasteiger partial charge in [0.05, 0.1) is 19.3 Å². The van der Waals surface area contributed by atoms with Crippen molar-refractivity contribution in [2.45, 2.75) is 20.4 Å². The third kappa shape index (κ3) is 2.90. The van der Waals surface area contributed by atoms with Crippen LogP contribution in [0.3, 0.4) is 0 Å². The van der Waals surface area contributed by atoms with Crippen molar-refractivity contribution in [3.8, 4) is 17.0 Å². The summed E-state index contributed by atoms with van der Waals surface area (Å²) >= 11 is 0. The van der Waals surface area contributed by atoms with E-state index in [1.165, 1.54) is 11.1 Å². The minimum atomic E-state index is 0.654. The summed E-state index contributed by atoms with van der Waals surface area (Å²) in [6.07, 6.45) is 1.78. The molecular formula is C15H19N3O. The highest BCUT2D eigenvalue weighted by atomic mass is 16.5. The Morgan fingerprint density at radius 1 is 1.21 bits per heavy atom. The summed E-state index contributed by atoms with van der Waals surface area (Å²) in [5.41, 5.74) is 4.33. The van der Waals surface area contributed by atoms with Crippen LogP contribution < -0.4 is 10.1 Å². The van der Waals surface area contributed by atoms with Crippen LogP contribution in [0.15, 0.2) is 24.4 Å². The summed E-state index contributed by atoms with van der Waals surface area (Å²) < 4.78 is 5.46. The van der Waals surface area contributed by atoms with Crippen LogP contribution in [0.4, 0.5) is 0 Å². The molecule has 0 amide bonds. The quantitative estimate of drug-likeness (QED) is 0.914. The minimum Gasteiger partial charge on any atom is -0.496 e. The van der Waals surface area contributed by atoms with Gasteiger partial charge in [-0.25, -0.2) is 9.97 Å². The average molecular weight is 257 g/mol. The number of methoxy groups -OCH3 is 1. The predicted molar refractivity (Wildman–Crippen MR) is 76.3 cm³/mol. The first-order valence-electron chi connectivity index (χ1n) is 6.28. The summed E-state index contributed by atoms with van der Waals surface area (Å²) in [6.45, 7) is 4.82. The van der Waals surface area contributed by atoms with Gasteiger partial charge in [-0.2, -0.15) is 0 Å². The Hall–Kier alpha value is -1.94. The van der Waals surface area contributed by atoms with E-state index < -0.39 is 0 Å². The molecule has 0 unspecified atom stereocenters. The van der Waals surface area contributed by atoms with Gasteiger partial charge in [-0.05, 0) is 50.2 Å². The molecule has 0 spiro atoms. The monoisotopic (exact) mass is 257 g/mol. The Balaban J connectivity index is 2.51. The molecule has 1 aromatic carbocycles. The van der Waals surface area contributed by atoms with Crippen LogP contribution in [0, 0.1) is 13.8 Å². The van der Waals surface area contributed by atoms with E-state index in [0.29, 0.717) is 6.54 Å². The van der Waals surface area contributed by atoms with E-state index in [-0.39, 0.29) is 0 Å². The fourth-order valence-electron chi connectivity index (χ4n) is 1.95. The second kappa shape index (κ2) is 5.80. The lowest BCUT2D eigenvalue weighted by atomic mass is 10.0. The summed E-state index contributed by atoms with van der Waals surface area (Å²) in [4.78, 5) is 8.79. The molecule has 0 saturated heterocycles. The number of ether oxygens (including phenoxy) is 1. The molecule has 1 N–H and O–H groups in total. The number of nitrogens with one attached hydrogen (secondary N) is 1. The molecule has 0 radical (unpaired) electrons. The summed E-state index contributed by atoms with van der Waals surface area (Å²) in [5.74, 6) is 1.62. The number of aryl methyl sites for hydroxylation is 2. The topological polar surface area (TPSA) is 47.0 Å². The Morgan fingerprint density at radius 2 is 1.95 bits per heavy atom. The van der Waals surface area contributed by atoms with Gasteiger partial charge >= 0.3 is 0 Å². The van der Waals surface area contributed by atoms with Crippen LogP contribution in [-0.2, 0) is 6.54 Å². The second-order valence-electron chi connectivity index (χ2n) is 4.53. The lowest BCUT2D eigenvalue weighted by molar-refractivity contribution is 0.416. The molecule has 2 aromatic rings. The standard InChI is InChI=1S/C15H19N3O/c1-10-7-12(14(19-4)8-11(10)2)13-5-6-17-15(18-13)9-16-3/h5-8,16H,9H2,1-4H3. The molecule has 1 heterocycles. The number of rotatable bonds is 4. The molecule has 0 aliphatic rings. The van der Waals surface area contributed by atoms with Crippen molar-refractivity contribution in [2.75, 3.05) is 14.2 Å². The van der Waals surface area contributed by atoms with Crippen molar-refractivity contribution >= 4 is 0 Å². The highest BCUT2D eigenvalue weighted by molar-refractivity contribution is 5.68. The largest absolute Gasteiger partial charge is 0.496 e. The number of aromatic nitrogens is 2. The van der Waals surface area contributed by atoms with E-state index in [1.54, 1.807) is 13.3 Å². The molecule has 2 rings (SSSR count). The van der Waals surface area contributed by atoms with Crippen LogP contribution in [0.5, 0.6) is 5.75 Å². The minimum absolute atomic E-state index is 0.654. The number of hydrogen-bond donors (Lipinski definition) is 1. The van der Waals surface area contributed by atoms with E-state index in [0.717, 1.165) is 22.8 Å². The first-order valence-corrected chi connectivity index (χ1v) is 6.28. The van der Waals surface area contributed by atoms with Gasteiger partial charge < -0.3 is 10.1 Å². The van der Waals surface area contributed by atoms with Gasteiger partial charge in [-0.15, -0.1) is 0 Å². The fraction of sp³-hybridized carbons (Fsp3) is 0.333. The van der Waals surface area contributed by atoms with Gasteiger partial charge in [0.2, 0.25) is 0 Å². The van der Waals surface area contributed by atoms with Crippen molar-refractivity contribution in [3.63, 3.8) is 0 Å². The van der Waals surface area contributed by atoms with Crippen molar-refractivity contribution in [2.24, 2.45) is 0 Å². The van der Waals surface area contributed by atoms with Crippen LogP contribution in [0.1, 0.15) is 17.0 Å². The van der Waals surface area contributed by atoms with Crippen LogP contribution in [-0.4, -0.2) is 24.1 Å². The highest BCUT2D eigenvalue weighted by Gasteiger charge is 2.10. The Morgan fingerprint density at radius 3 is 2.63 bits per heavy atom. The Labute approximate surface area is 113 Å². The molecule has 0 fully saturated rings. The predicted octanol–water partition coefficient (Wildman–Crippen LogP) is 2.49. The molecule has 1 aromatic heterocycles. The van der Waals surface area contributed by atoms with Gasteiger partial charge in [0.1, 0.15) is 11.6 Å². The molecule has 4 heteroatoms. The highest BCUT2D eigenvalue weighted by Crippen LogP contribution is 2.31. The van der Waals surface area contributed by atoms with E-state index in [1.807, 2.05) is 19.2 Å². The van der Waals surface area contributed by atoms with Crippen molar-refractivity contribution in [3.05, 3.63) is 41.3 Å². The van der Waals surface area contributed by atoms with E-state index >= 15 is 0 Å². The molecule has 0 aliphatic carbocycles. The zero-order valence-corrected chi connectivity index (χ0v) is 11.8. The van der Waals surface area contributed by atoms with Gasteiger partial charge in [-0.3, -0.25) is 0 Å². The zero-order chi connectivity index (χ0) is 13.8.